The number of ether oxygens (including phenoxy) is 1. The van der Waals surface area contributed by atoms with E-state index < -0.39 is 22.9 Å². The van der Waals surface area contributed by atoms with Crippen molar-refractivity contribution < 1.29 is 23.1 Å². The number of hydrogen-bond acceptors (Lipinski definition) is 6. The van der Waals surface area contributed by atoms with E-state index >= 15 is 0 Å². The van der Waals surface area contributed by atoms with Gasteiger partial charge < -0.3 is 10.1 Å². The molecule has 7 nitrogen and oxygen atoms in total. The van der Waals surface area contributed by atoms with Crippen molar-refractivity contribution in [3.63, 3.8) is 0 Å². The number of benzene rings is 3. The average Bonchev–Trinajstić information content (AvgIpc) is 3.50. The Morgan fingerprint density at radius 1 is 1.08 bits per heavy atom. The molecule has 0 saturated carbocycles. The zero-order valence-electron chi connectivity index (χ0n) is 19.7. The van der Waals surface area contributed by atoms with Crippen LogP contribution in [0.15, 0.2) is 82.9 Å². The number of amidine groups is 1. The number of nitrogens with one attached hydrogen (secondary N) is 1. The number of hydrogen-bond donors (Lipinski definition) is 1. The van der Waals surface area contributed by atoms with Crippen LogP contribution >= 0.6 is 11.8 Å². The van der Waals surface area contributed by atoms with E-state index in [2.05, 4.69) is 10.3 Å². The zero-order chi connectivity index (χ0) is 25.9. The molecule has 2 atom stereocenters. The van der Waals surface area contributed by atoms with Gasteiger partial charge in [-0.05, 0) is 47.5 Å². The molecule has 0 spiro atoms. The Labute approximate surface area is 216 Å². The number of carbonyl (C=O) groups is 2. The molecule has 0 fully saturated rings. The van der Waals surface area contributed by atoms with E-state index in [0.29, 0.717) is 17.3 Å². The predicted molar refractivity (Wildman–Crippen MR) is 139 cm³/mol. The molecule has 10 heteroatoms. The normalized spacial score (nSPS) is 19.0. The Morgan fingerprint density at radius 3 is 2.51 bits per heavy atom. The number of aliphatic imine (C=N–C) groups is 1. The lowest BCUT2D eigenvalue weighted by molar-refractivity contribution is -0.121. The molecule has 0 radical (unpaired) electrons. The summed E-state index contributed by atoms with van der Waals surface area (Å²) in [5, 5.41) is 8.53. The van der Waals surface area contributed by atoms with Crippen molar-refractivity contribution in [2.24, 2.45) is 10.1 Å². The summed E-state index contributed by atoms with van der Waals surface area (Å²) in [6, 6.07) is 19.2. The van der Waals surface area contributed by atoms with Crippen molar-refractivity contribution in [2.45, 2.75) is 24.1 Å². The van der Waals surface area contributed by atoms with Crippen molar-refractivity contribution in [2.75, 3.05) is 12.4 Å². The van der Waals surface area contributed by atoms with Gasteiger partial charge in [0.1, 0.15) is 22.6 Å². The molecule has 0 aliphatic carbocycles. The van der Waals surface area contributed by atoms with Crippen molar-refractivity contribution >= 4 is 40.1 Å². The van der Waals surface area contributed by atoms with Crippen LogP contribution in [0.25, 0.3) is 0 Å². The van der Waals surface area contributed by atoms with Gasteiger partial charge in [0, 0.05) is 12.8 Å². The fraction of sp³-hybridized carbons (Fsp3) is 0.185. The second kappa shape index (κ2) is 10.5. The Balaban J connectivity index is 1.36. The van der Waals surface area contributed by atoms with E-state index in [1.807, 2.05) is 24.3 Å². The standard InChI is InChI=1S/C27H22F2N4O3S/c1-36-19-12-8-17(9-13-19)23-14-22(16-6-10-18(28)11-7-16)32-33(23)27-31-26(35)24(37-27)15-25(34)30-21-5-3-2-4-20(21)29/h2-13,23-24H,14-15H2,1H3,(H,30,34)/t23-,24-/m1/s1. The first-order chi connectivity index (χ1) is 17.9. The highest BCUT2D eigenvalue weighted by Gasteiger charge is 2.39. The Bertz CT molecular complexity index is 1390. The molecular weight excluding hydrogens is 498 g/mol. The third-order valence-electron chi connectivity index (χ3n) is 6.03. The Morgan fingerprint density at radius 2 is 1.81 bits per heavy atom. The lowest BCUT2D eigenvalue weighted by Gasteiger charge is -2.23. The van der Waals surface area contributed by atoms with Crippen LogP contribution in [0.5, 0.6) is 5.75 Å². The van der Waals surface area contributed by atoms with Gasteiger partial charge in [-0.25, -0.2) is 13.8 Å². The zero-order valence-corrected chi connectivity index (χ0v) is 20.5. The summed E-state index contributed by atoms with van der Waals surface area (Å²) in [6.45, 7) is 0. The maximum absolute atomic E-state index is 13.9. The van der Waals surface area contributed by atoms with Crippen molar-refractivity contribution in [3.8, 4) is 5.75 Å². The molecule has 2 aliphatic heterocycles. The summed E-state index contributed by atoms with van der Waals surface area (Å²) in [5.74, 6) is -1.14. The average molecular weight is 521 g/mol. The predicted octanol–water partition coefficient (Wildman–Crippen LogP) is 5.15. The molecule has 37 heavy (non-hydrogen) atoms. The summed E-state index contributed by atoms with van der Waals surface area (Å²) in [4.78, 5) is 29.4. The lowest BCUT2D eigenvalue weighted by Crippen LogP contribution is -2.25. The number of amides is 2. The molecule has 5 rings (SSSR count). The fourth-order valence-corrected chi connectivity index (χ4v) is 5.19. The minimum Gasteiger partial charge on any atom is -0.497 e. The third-order valence-corrected chi connectivity index (χ3v) is 7.17. The summed E-state index contributed by atoms with van der Waals surface area (Å²) in [7, 11) is 1.59. The van der Waals surface area contributed by atoms with E-state index in [-0.39, 0.29) is 24.0 Å². The smallest absolute Gasteiger partial charge is 0.262 e. The maximum Gasteiger partial charge on any atom is 0.262 e. The third kappa shape index (κ3) is 5.39. The molecule has 3 aromatic carbocycles. The highest BCUT2D eigenvalue weighted by molar-refractivity contribution is 8.15. The van der Waals surface area contributed by atoms with Crippen molar-refractivity contribution in [1.29, 1.82) is 0 Å². The van der Waals surface area contributed by atoms with Crippen LogP contribution < -0.4 is 10.1 Å². The first kappa shape index (κ1) is 24.6. The van der Waals surface area contributed by atoms with Crippen LogP contribution in [-0.4, -0.2) is 40.1 Å². The molecule has 0 bridgehead atoms. The van der Waals surface area contributed by atoms with Gasteiger partial charge in [-0.2, -0.15) is 10.1 Å². The van der Waals surface area contributed by atoms with Gasteiger partial charge in [0.2, 0.25) is 5.91 Å². The molecule has 2 aliphatic rings. The number of para-hydroxylation sites is 1. The quantitative estimate of drug-likeness (QED) is 0.486. The van der Waals surface area contributed by atoms with E-state index in [9.17, 15) is 18.4 Å². The van der Waals surface area contributed by atoms with Crippen molar-refractivity contribution in [1.82, 2.24) is 5.01 Å². The summed E-state index contributed by atoms with van der Waals surface area (Å²) >= 11 is 1.14. The number of rotatable bonds is 6. The molecule has 0 unspecified atom stereocenters. The first-order valence-electron chi connectivity index (χ1n) is 11.5. The van der Waals surface area contributed by atoms with Crippen LogP contribution in [0.2, 0.25) is 0 Å². The van der Waals surface area contributed by atoms with Gasteiger partial charge in [-0.1, -0.05) is 48.2 Å². The minimum absolute atomic E-state index is 0.0525. The Kier molecular flexibility index (Phi) is 7.00. The van der Waals surface area contributed by atoms with Crippen LogP contribution in [0, 0.1) is 11.6 Å². The molecule has 3 aromatic rings. The molecule has 2 amide bonds. The number of thioether (sulfide) groups is 1. The lowest BCUT2D eigenvalue weighted by atomic mass is 9.98. The number of hydrazone groups is 1. The second-order valence-corrected chi connectivity index (χ2v) is 9.63. The number of nitrogens with zero attached hydrogens (tertiary/aromatic N) is 3. The summed E-state index contributed by atoms with van der Waals surface area (Å²) in [6.07, 6.45) is 0.338. The molecule has 1 N–H and O–H groups in total. The molecule has 0 aromatic heterocycles. The van der Waals surface area contributed by atoms with E-state index in [0.717, 1.165) is 28.6 Å². The summed E-state index contributed by atoms with van der Waals surface area (Å²) < 4.78 is 32.6. The highest BCUT2D eigenvalue weighted by Crippen LogP contribution is 2.39. The largest absolute Gasteiger partial charge is 0.497 e. The number of methoxy groups -OCH3 is 1. The summed E-state index contributed by atoms with van der Waals surface area (Å²) in [5.41, 5.74) is 2.46. The SMILES string of the molecule is COc1ccc([C@H]2CC(c3ccc(F)cc3)=NN2C2=NC(=O)[C@@H](CC(=O)Nc3ccccc3F)S2)cc1. The van der Waals surface area contributed by atoms with Crippen LogP contribution in [-0.2, 0) is 9.59 Å². The maximum atomic E-state index is 13.9. The van der Waals surface area contributed by atoms with Gasteiger partial charge in [0.05, 0.1) is 24.6 Å². The monoisotopic (exact) mass is 520 g/mol. The van der Waals surface area contributed by atoms with E-state index in [4.69, 9.17) is 9.84 Å². The van der Waals surface area contributed by atoms with Gasteiger partial charge in [-0.15, -0.1) is 0 Å². The first-order valence-corrected chi connectivity index (χ1v) is 12.4. The van der Waals surface area contributed by atoms with Gasteiger partial charge in [0.15, 0.2) is 5.17 Å². The van der Waals surface area contributed by atoms with E-state index in [1.165, 1.54) is 30.3 Å². The molecule has 188 valence electrons. The van der Waals surface area contributed by atoms with Gasteiger partial charge >= 0.3 is 0 Å². The number of halogens is 2. The minimum atomic E-state index is -0.761. The number of anilines is 1. The Hall–Kier alpha value is -4.05. The fourth-order valence-electron chi connectivity index (χ4n) is 4.13. The van der Waals surface area contributed by atoms with Crippen molar-refractivity contribution in [3.05, 3.63) is 95.6 Å². The molecule has 0 saturated heterocycles. The van der Waals surface area contributed by atoms with Crippen LogP contribution in [0.4, 0.5) is 14.5 Å². The molecular formula is C27H22F2N4O3S. The topological polar surface area (TPSA) is 83.4 Å². The number of carbonyl (C=O) groups excluding carboxylic acids is 2. The highest BCUT2D eigenvalue weighted by atomic mass is 32.2. The van der Waals surface area contributed by atoms with E-state index in [1.54, 1.807) is 30.3 Å². The van der Waals surface area contributed by atoms with Crippen LogP contribution in [0.3, 0.4) is 0 Å². The van der Waals surface area contributed by atoms with Gasteiger partial charge in [0.25, 0.3) is 5.91 Å². The molecule has 2 heterocycles. The van der Waals surface area contributed by atoms with Gasteiger partial charge in [-0.3, -0.25) is 9.59 Å². The van der Waals surface area contributed by atoms with Crippen LogP contribution in [0.1, 0.15) is 30.0 Å². The second-order valence-electron chi connectivity index (χ2n) is 8.46.